The monoisotopic (exact) mass is 154 g/mol. The second kappa shape index (κ2) is 7.64. The number of hydrogen-bond acceptors (Lipinski definition) is 1. The van der Waals surface area contributed by atoms with Crippen LogP contribution in [0.2, 0.25) is 0 Å². The van der Waals surface area contributed by atoms with Crippen LogP contribution in [-0.4, -0.2) is 32.3 Å². The number of nitrogens with zero attached hydrogens (tertiary/aromatic N) is 1. The molecule has 1 aliphatic heterocycles. The zero-order chi connectivity index (χ0) is 7.98. The van der Waals surface area contributed by atoms with Crippen LogP contribution in [0.3, 0.4) is 0 Å². The van der Waals surface area contributed by atoms with Gasteiger partial charge in [0.05, 0.1) is 0 Å². The lowest BCUT2D eigenvalue weighted by molar-refractivity contribution is -0.127. The molecule has 2 nitrogen and oxygen atoms in total. The summed E-state index contributed by atoms with van der Waals surface area (Å²) in [5, 5.41) is 0. The topological polar surface area (TPSA) is 20.3 Å². The molecule has 0 spiro atoms. The molecule has 1 amide bonds. The molecule has 0 unspecified atom stereocenters. The summed E-state index contributed by atoms with van der Waals surface area (Å²) >= 11 is 0. The second-order valence-electron chi connectivity index (χ2n) is 2.08. The van der Waals surface area contributed by atoms with Gasteiger partial charge in [-0.05, 0) is 13.3 Å². The number of likely N-dealkylation sites (tertiary alicyclic amines) is 1. The Labute approximate surface area is 71.5 Å². The molecule has 1 fully saturated rings. The van der Waals surface area contributed by atoms with Gasteiger partial charge in [0.15, 0.2) is 0 Å². The molecular formula is C8H17BNO. The number of hydrogen-bond donors (Lipinski definition) is 0. The highest BCUT2D eigenvalue weighted by molar-refractivity contribution is 5.77. The molecule has 63 valence electrons. The number of carbonyl (C=O) groups is 1. The van der Waals surface area contributed by atoms with Crippen molar-refractivity contribution >= 4 is 14.3 Å². The third-order valence-electron chi connectivity index (χ3n) is 1.55. The van der Waals surface area contributed by atoms with E-state index in [4.69, 9.17) is 0 Å². The molecule has 0 aliphatic carbocycles. The Hall–Kier alpha value is -0.465. The molecule has 3 heteroatoms. The first-order valence-corrected chi connectivity index (χ1v) is 4.12. The van der Waals surface area contributed by atoms with Crippen molar-refractivity contribution in [2.75, 3.05) is 13.1 Å². The van der Waals surface area contributed by atoms with E-state index in [1.54, 1.807) is 0 Å². The lowest BCUT2D eigenvalue weighted by Gasteiger charge is -2.10. The summed E-state index contributed by atoms with van der Waals surface area (Å²) in [6.07, 6.45) is 1.83. The summed E-state index contributed by atoms with van der Waals surface area (Å²) in [7, 11) is 0. The van der Waals surface area contributed by atoms with E-state index < -0.39 is 0 Å². The third kappa shape index (κ3) is 4.07. The molecule has 0 aromatic rings. The van der Waals surface area contributed by atoms with Crippen molar-refractivity contribution in [1.82, 2.24) is 4.90 Å². The Morgan fingerprint density at radius 2 is 2.00 bits per heavy atom. The lowest BCUT2D eigenvalue weighted by atomic mass is 10.4. The molecule has 0 aromatic carbocycles. The molecule has 1 heterocycles. The summed E-state index contributed by atoms with van der Waals surface area (Å²) in [5.74, 6) is 0.326. The van der Waals surface area contributed by atoms with Crippen LogP contribution in [-0.2, 0) is 4.79 Å². The molecule has 0 N–H and O–H groups in total. The van der Waals surface area contributed by atoms with Gasteiger partial charge in [-0.2, -0.15) is 0 Å². The van der Waals surface area contributed by atoms with Crippen LogP contribution in [0.4, 0.5) is 0 Å². The molecule has 0 atom stereocenters. The minimum absolute atomic E-state index is 0. The van der Waals surface area contributed by atoms with Crippen LogP contribution in [0.25, 0.3) is 0 Å². The first kappa shape index (κ1) is 13.1. The highest BCUT2D eigenvalue weighted by Gasteiger charge is 2.16. The average Bonchev–Trinajstić information content (AvgIpc) is 2.39. The van der Waals surface area contributed by atoms with E-state index in [9.17, 15) is 4.79 Å². The molecule has 3 radical (unpaired) electrons. The van der Waals surface area contributed by atoms with Gasteiger partial charge in [0.2, 0.25) is 5.91 Å². The van der Waals surface area contributed by atoms with Crippen LogP contribution in [0.15, 0.2) is 0 Å². The van der Waals surface area contributed by atoms with Crippen LogP contribution in [0.1, 0.15) is 33.6 Å². The van der Waals surface area contributed by atoms with E-state index in [0.29, 0.717) is 5.91 Å². The zero-order valence-electron chi connectivity index (χ0n) is 7.76. The number of carbonyl (C=O) groups excluding carboxylic acids is 1. The Morgan fingerprint density at radius 1 is 1.45 bits per heavy atom. The van der Waals surface area contributed by atoms with E-state index in [-0.39, 0.29) is 8.41 Å². The van der Waals surface area contributed by atoms with E-state index in [1.807, 2.05) is 25.7 Å². The average molecular weight is 154 g/mol. The van der Waals surface area contributed by atoms with Crippen molar-refractivity contribution in [3.8, 4) is 0 Å². The second-order valence-corrected chi connectivity index (χ2v) is 2.08. The Bertz CT molecular complexity index is 106. The molecule has 1 aliphatic rings. The summed E-state index contributed by atoms with van der Waals surface area (Å²) in [6, 6.07) is 0. The van der Waals surface area contributed by atoms with Crippen molar-refractivity contribution in [3.05, 3.63) is 0 Å². The highest BCUT2D eigenvalue weighted by Crippen LogP contribution is 2.07. The van der Waals surface area contributed by atoms with Gasteiger partial charge in [0, 0.05) is 27.9 Å². The van der Waals surface area contributed by atoms with E-state index in [0.717, 1.165) is 25.9 Å². The standard InChI is InChI=1S/C6H11NO.C2H6.B/c1-2-7-5-3-4-6(7)8;1-2;/h2-5H2,1H3;1-2H3;. The molecule has 0 bridgehead atoms. The number of amides is 1. The maximum absolute atomic E-state index is 10.7. The summed E-state index contributed by atoms with van der Waals surface area (Å²) in [4.78, 5) is 12.6. The van der Waals surface area contributed by atoms with Crippen LogP contribution in [0.5, 0.6) is 0 Å². The molecule has 0 saturated carbocycles. The minimum atomic E-state index is 0. The Balaban J connectivity index is 0. The van der Waals surface area contributed by atoms with Gasteiger partial charge >= 0.3 is 0 Å². The van der Waals surface area contributed by atoms with Crippen LogP contribution < -0.4 is 0 Å². The third-order valence-corrected chi connectivity index (χ3v) is 1.55. The first-order valence-electron chi connectivity index (χ1n) is 4.12. The fourth-order valence-corrected chi connectivity index (χ4v) is 1.04. The summed E-state index contributed by atoms with van der Waals surface area (Å²) < 4.78 is 0. The Morgan fingerprint density at radius 3 is 2.18 bits per heavy atom. The van der Waals surface area contributed by atoms with Crippen molar-refractivity contribution < 1.29 is 4.79 Å². The van der Waals surface area contributed by atoms with Crippen molar-refractivity contribution in [1.29, 1.82) is 0 Å². The molecule has 1 saturated heterocycles. The normalized spacial score (nSPS) is 15.2. The van der Waals surface area contributed by atoms with E-state index in [2.05, 4.69) is 0 Å². The molecule has 0 aromatic heterocycles. The predicted molar refractivity (Wildman–Crippen MR) is 48.6 cm³/mol. The van der Waals surface area contributed by atoms with Gasteiger partial charge in [-0.25, -0.2) is 0 Å². The predicted octanol–water partition coefficient (Wildman–Crippen LogP) is 1.27. The quantitative estimate of drug-likeness (QED) is 0.521. The van der Waals surface area contributed by atoms with Crippen molar-refractivity contribution in [2.24, 2.45) is 0 Å². The first-order chi connectivity index (χ1) is 4.84. The molecular weight excluding hydrogens is 137 g/mol. The maximum Gasteiger partial charge on any atom is 0.222 e. The largest absolute Gasteiger partial charge is 0.343 e. The van der Waals surface area contributed by atoms with Gasteiger partial charge in [-0.15, -0.1) is 0 Å². The maximum atomic E-state index is 10.7. The zero-order valence-corrected chi connectivity index (χ0v) is 7.76. The van der Waals surface area contributed by atoms with Crippen LogP contribution >= 0.6 is 0 Å². The smallest absolute Gasteiger partial charge is 0.222 e. The van der Waals surface area contributed by atoms with Crippen molar-refractivity contribution in [2.45, 2.75) is 33.6 Å². The summed E-state index contributed by atoms with van der Waals surface area (Å²) in [5.41, 5.74) is 0. The van der Waals surface area contributed by atoms with E-state index >= 15 is 0 Å². The van der Waals surface area contributed by atoms with Crippen molar-refractivity contribution in [3.63, 3.8) is 0 Å². The highest BCUT2D eigenvalue weighted by atomic mass is 16.2. The molecule has 11 heavy (non-hydrogen) atoms. The minimum Gasteiger partial charge on any atom is -0.343 e. The van der Waals surface area contributed by atoms with Crippen LogP contribution in [0, 0.1) is 0 Å². The molecule has 1 rings (SSSR count). The fourth-order valence-electron chi connectivity index (χ4n) is 1.04. The summed E-state index contributed by atoms with van der Waals surface area (Å²) in [6.45, 7) is 7.89. The van der Waals surface area contributed by atoms with Gasteiger partial charge in [0.25, 0.3) is 0 Å². The Kier molecular flexibility index (Phi) is 9.13. The van der Waals surface area contributed by atoms with Gasteiger partial charge in [0.1, 0.15) is 0 Å². The number of rotatable bonds is 1. The van der Waals surface area contributed by atoms with Gasteiger partial charge in [-0.3, -0.25) is 4.79 Å². The lowest BCUT2D eigenvalue weighted by Crippen LogP contribution is -2.23. The van der Waals surface area contributed by atoms with Gasteiger partial charge < -0.3 is 4.90 Å². The SMILES string of the molecule is CC.CCN1CCCC1=O.[B]. The fraction of sp³-hybridized carbons (Fsp3) is 0.875. The van der Waals surface area contributed by atoms with E-state index in [1.165, 1.54) is 0 Å². The van der Waals surface area contributed by atoms with Gasteiger partial charge in [-0.1, -0.05) is 13.8 Å².